The molecule has 0 unspecified atom stereocenters. The maximum absolute atomic E-state index is 8.50. The summed E-state index contributed by atoms with van der Waals surface area (Å²) in [5.41, 5.74) is 3.36. The van der Waals surface area contributed by atoms with Crippen LogP contribution in [0, 0.1) is 0 Å². The number of aliphatic hydroxyl groups is 1. The first-order chi connectivity index (χ1) is 9.74. The highest BCUT2D eigenvalue weighted by molar-refractivity contribution is 5.61. The number of aliphatic hydroxyl groups excluding tert-OH is 1. The van der Waals surface area contributed by atoms with Crippen molar-refractivity contribution in [3.63, 3.8) is 0 Å². The van der Waals surface area contributed by atoms with Crippen molar-refractivity contribution in [3.05, 3.63) is 42.0 Å². The average molecular weight is 280 g/mol. The third-order valence-corrected chi connectivity index (χ3v) is 2.70. The zero-order valence-corrected chi connectivity index (χ0v) is 12.1. The smallest absolute Gasteiger partial charge is 0.0718 e. The molecule has 0 saturated heterocycles. The van der Waals surface area contributed by atoms with E-state index < -0.39 is 0 Å². The Kier molecular flexibility index (Phi) is 8.91. The van der Waals surface area contributed by atoms with Crippen LogP contribution in [-0.4, -0.2) is 44.7 Å². The lowest BCUT2D eigenvalue weighted by Gasteiger charge is -2.07. The molecule has 1 aromatic rings. The summed E-state index contributed by atoms with van der Waals surface area (Å²) >= 11 is 0. The summed E-state index contributed by atoms with van der Waals surface area (Å²) in [5.74, 6) is 0. The Bertz CT molecular complexity index is 373. The molecule has 1 aromatic carbocycles. The second kappa shape index (κ2) is 10.6. The molecule has 0 aliphatic heterocycles. The van der Waals surface area contributed by atoms with Gasteiger partial charge >= 0.3 is 0 Å². The summed E-state index contributed by atoms with van der Waals surface area (Å²) in [5, 5.41) is 8.50. The molecule has 4 nitrogen and oxygen atoms in total. The summed E-state index contributed by atoms with van der Waals surface area (Å²) in [6.45, 7) is 9.03. The molecule has 0 aromatic heterocycles. The Morgan fingerprint density at radius 3 is 2.05 bits per heavy atom. The molecule has 0 atom stereocenters. The number of allylic oxidation sites excluding steroid dienone is 1. The molecule has 0 heterocycles. The van der Waals surface area contributed by atoms with Gasteiger partial charge in [0, 0.05) is 0 Å². The summed E-state index contributed by atoms with van der Waals surface area (Å²) < 4.78 is 15.9. The first-order valence-electron chi connectivity index (χ1n) is 6.83. The number of benzene rings is 1. The van der Waals surface area contributed by atoms with Crippen molar-refractivity contribution < 1.29 is 19.3 Å². The third-order valence-electron chi connectivity index (χ3n) is 2.70. The molecule has 0 saturated carbocycles. The van der Waals surface area contributed by atoms with Gasteiger partial charge in [0.05, 0.1) is 46.2 Å². The van der Waals surface area contributed by atoms with Crippen LogP contribution in [0.25, 0.3) is 5.57 Å². The maximum Gasteiger partial charge on any atom is 0.0718 e. The summed E-state index contributed by atoms with van der Waals surface area (Å²) in [7, 11) is 0. The minimum absolute atomic E-state index is 0.0489. The Balaban J connectivity index is 2.02. The minimum atomic E-state index is 0.0489. The van der Waals surface area contributed by atoms with Gasteiger partial charge in [0.15, 0.2) is 0 Å². The highest BCUT2D eigenvalue weighted by atomic mass is 16.5. The zero-order valence-electron chi connectivity index (χ0n) is 12.1. The average Bonchev–Trinajstić information content (AvgIpc) is 2.46. The van der Waals surface area contributed by atoms with Crippen LogP contribution in [0.1, 0.15) is 18.1 Å². The Labute approximate surface area is 121 Å². The van der Waals surface area contributed by atoms with E-state index in [-0.39, 0.29) is 6.61 Å². The van der Waals surface area contributed by atoms with Gasteiger partial charge in [-0.3, -0.25) is 0 Å². The molecule has 0 radical (unpaired) electrons. The van der Waals surface area contributed by atoms with Crippen LogP contribution in [0.5, 0.6) is 0 Å². The fourth-order valence-electron chi connectivity index (χ4n) is 1.58. The highest BCUT2D eigenvalue weighted by Gasteiger charge is 1.96. The van der Waals surface area contributed by atoms with E-state index >= 15 is 0 Å². The summed E-state index contributed by atoms with van der Waals surface area (Å²) in [6, 6.07) is 8.20. The molecule has 0 amide bonds. The van der Waals surface area contributed by atoms with Crippen molar-refractivity contribution in [1.29, 1.82) is 0 Å². The molecule has 0 aliphatic rings. The van der Waals surface area contributed by atoms with Crippen molar-refractivity contribution in [2.75, 3.05) is 39.6 Å². The second-order valence-electron chi connectivity index (χ2n) is 4.48. The van der Waals surface area contributed by atoms with E-state index in [1.54, 1.807) is 0 Å². The molecule has 20 heavy (non-hydrogen) atoms. The Morgan fingerprint density at radius 1 is 0.950 bits per heavy atom. The lowest BCUT2D eigenvalue weighted by Crippen LogP contribution is -2.10. The van der Waals surface area contributed by atoms with E-state index in [1.807, 2.05) is 19.1 Å². The Hall–Kier alpha value is -1.20. The molecular formula is C16H24O4. The molecule has 0 bridgehead atoms. The molecule has 112 valence electrons. The summed E-state index contributed by atoms with van der Waals surface area (Å²) in [4.78, 5) is 0. The predicted octanol–water partition coefficient (Wildman–Crippen LogP) is 2.26. The van der Waals surface area contributed by atoms with Gasteiger partial charge in [-0.2, -0.15) is 0 Å². The van der Waals surface area contributed by atoms with E-state index in [0.29, 0.717) is 39.6 Å². The number of ether oxygens (including phenoxy) is 3. The van der Waals surface area contributed by atoms with Gasteiger partial charge in [0.2, 0.25) is 0 Å². The van der Waals surface area contributed by atoms with Crippen molar-refractivity contribution >= 4 is 5.57 Å². The van der Waals surface area contributed by atoms with Crippen LogP contribution in [0.3, 0.4) is 0 Å². The maximum atomic E-state index is 8.50. The normalized spacial score (nSPS) is 10.7. The minimum Gasteiger partial charge on any atom is -0.394 e. The monoisotopic (exact) mass is 280 g/mol. The largest absolute Gasteiger partial charge is 0.394 e. The topological polar surface area (TPSA) is 47.9 Å². The van der Waals surface area contributed by atoms with Crippen LogP contribution >= 0.6 is 0 Å². The van der Waals surface area contributed by atoms with Crippen LogP contribution in [0.2, 0.25) is 0 Å². The first-order valence-corrected chi connectivity index (χ1v) is 6.83. The molecular weight excluding hydrogens is 256 g/mol. The molecule has 1 rings (SSSR count). The lowest BCUT2D eigenvalue weighted by atomic mass is 10.1. The molecule has 0 spiro atoms. The van der Waals surface area contributed by atoms with Crippen molar-refractivity contribution in [2.24, 2.45) is 0 Å². The Morgan fingerprint density at radius 2 is 1.50 bits per heavy atom. The fraction of sp³-hybridized carbons (Fsp3) is 0.500. The van der Waals surface area contributed by atoms with Crippen molar-refractivity contribution in [2.45, 2.75) is 13.5 Å². The van der Waals surface area contributed by atoms with Gasteiger partial charge in [0.1, 0.15) is 0 Å². The zero-order chi connectivity index (χ0) is 14.6. The van der Waals surface area contributed by atoms with E-state index in [9.17, 15) is 0 Å². The van der Waals surface area contributed by atoms with Crippen molar-refractivity contribution in [1.82, 2.24) is 0 Å². The van der Waals surface area contributed by atoms with Crippen LogP contribution in [0.4, 0.5) is 0 Å². The van der Waals surface area contributed by atoms with E-state index in [1.165, 1.54) is 0 Å². The SMILES string of the molecule is C=C(C)c1ccc(COCCOCCOCCO)cc1. The quantitative estimate of drug-likeness (QED) is 0.632. The van der Waals surface area contributed by atoms with Gasteiger partial charge in [-0.1, -0.05) is 36.4 Å². The lowest BCUT2D eigenvalue weighted by molar-refractivity contribution is 0.00451. The van der Waals surface area contributed by atoms with Gasteiger partial charge in [-0.25, -0.2) is 0 Å². The van der Waals surface area contributed by atoms with Gasteiger partial charge in [0.25, 0.3) is 0 Å². The first kappa shape index (κ1) is 16.9. The number of rotatable bonds is 11. The van der Waals surface area contributed by atoms with Crippen LogP contribution in [-0.2, 0) is 20.8 Å². The van der Waals surface area contributed by atoms with E-state index in [2.05, 4.69) is 18.7 Å². The molecule has 1 N–H and O–H groups in total. The number of hydrogen-bond donors (Lipinski definition) is 1. The molecule has 0 fully saturated rings. The van der Waals surface area contributed by atoms with E-state index in [4.69, 9.17) is 19.3 Å². The van der Waals surface area contributed by atoms with Gasteiger partial charge < -0.3 is 19.3 Å². The summed E-state index contributed by atoms with van der Waals surface area (Å²) in [6.07, 6.45) is 0. The van der Waals surface area contributed by atoms with Crippen molar-refractivity contribution in [3.8, 4) is 0 Å². The van der Waals surface area contributed by atoms with Crippen LogP contribution < -0.4 is 0 Å². The molecule has 4 heteroatoms. The fourth-order valence-corrected chi connectivity index (χ4v) is 1.58. The van der Waals surface area contributed by atoms with Crippen LogP contribution in [0.15, 0.2) is 30.8 Å². The highest BCUT2D eigenvalue weighted by Crippen LogP contribution is 2.12. The second-order valence-corrected chi connectivity index (χ2v) is 4.48. The van der Waals surface area contributed by atoms with E-state index in [0.717, 1.165) is 16.7 Å². The standard InChI is InChI=1S/C16H24O4/c1-14(2)16-5-3-15(4-6-16)13-20-12-11-19-10-9-18-8-7-17/h3-6,17H,1,7-13H2,2H3. The number of hydrogen-bond acceptors (Lipinski definition) is 4. The predicted molar refractivity (Wildman–Crippen MR) is 79.5 cm³/mol. The van der Waals surface area contributed by atoms with Gasteiger partial charge in [-0.05, 0) is 18.1 Å². The molecule has 0 aliphatic carbocycles. The van der Waals surface area contributed by atoms with Gasteiger partial charge in [-0.15, -0.1) is 0 Å². The third kappa shape index (κ3) is 7.40.